The standard InChI is InChI=1S/C12H17N3O2/c13-12(15-16)10-3-1-9(2-4-10)7-14-11-5-6-17-8-11/h1-4,11,14,16H,5-8H2,(H2,13,15). The van der Waals surface area contributed by atoms with E-state index >= 15 is 0 Å². The molecule has 1 atom stereocenters. The van der Waals surface area contributed by atoms with Gasteiger partial charge >= 0.3 is 0 Å². The second kappa shape index (κ2) is 5.65. The summed E-state index contributed by atoms with van der Waals surface area (Å²) in [6, 6.07) is 8.08. The van der Waals surface area contributed by atoms with Crippen molar-refractivity contribution in [2.45, 2.75) is 19.0 Å². The first kappa shape index (κ1) is 11.9. The van der Waals surface area contributed by atoms with Crippen LogP contribution in [0.5, 0.6) is 0 Å². The molecule has 1 aliphatic heterocycles. The molecule has 0 spiro atoms. The van der Waals surface area contributed by atoms with Crippen LogP contribution in [0, 0.1) is 0 Å². The molecule has 0 radical (unpaired) electrons. The zero-order chi connectivity index (χ0) is 12.1. The molecular formula is C12H17N3O2. The molecule has 0 amide bonds. The molecule has 5 heteroatoms. The fourth-order valence-electron chi connectivity index (χ4n) is 1.81. The van der Waals surface area contributed by atoms with Gasteiger partial charge in [-0.2, -0.15) is 0 Å². The van der Waals surface area contributed by atoms with Crippen molar-refractivity contribution < 1.29 is 9.94 Å². The largest absolute Gasteiger partial charge is 0.409 e. The summed E-state index contributed by atoms with van der Waals surface area (Å²) in [5, 5.41) is 14.9. The van der Waals surface area contributed by atoms with Crippen molar-refractivity contribution in [3.8, 4) is 0 Å². The summed E-state index contributed by atoms with van der Waals surface area (Å²) in [4.78, 5) is 0. The molecule has 2 rings (SSSR count). The number of oxime groups is 1. The van der Waals surface area contributed by atoms with Crippen molar-refractivity contribution in [3.63, 3.8) is 0 Å². The van der Waals surface area contributed by atoms with Crippen LogP contribution in [0.3, 0.4) is 0 Å². The Labute approximate surface area is 100 Å². The van der Waals surface area contributed by atoms with Gasteiger partial charge in [-0.05, 0) is 12.0 Å². The van der Waals surface area contributed by atoms with E-state index in [1.807, 2.05) is 24.3 Å². The average Bonchev–Trinajstić information content (AvgIpc) is 2.89. The maximum atomic E-state index is 8.54. The SMILES string of the molecule is N/C(=N/O)c1ccc(CNC2CCOC2)cc1. The first-order valence-corrected chi connectivity index (χ1v) is 5.67. The van der Waals surface area contributed by atoms with E-state index in [0.717, 1.165) is 31.7 Å². The van der Waals surface area contributed by atoms with Crippen LogP contribution < -0.4 is 11.1 Å². The van der Waals surface area contributed by atoms with Crippen LogP contribution in [-0.2, 0) is 11.3 Å². The van der Waals surface area contributed by atoms with E-state index in [9.17, 15) is 0 Å². The summed E-state index contributed by atoms with van der Waals surface area (Å²) in [6.45, 7) is 2.45. The lowest BCUT2D eigenvalue weighted by Gasteiger charge is -2.10. The van der Waals surface area contributed by atoms with E-state index in [4.69, 9.17) is 15.7 Å². The minimum Gasteiger partial charge on any atom is -0.409 e. The van der Waals surface area contributed by atoms with E-state index < -0.39 is 0 Å². The number of ether oxygens (including phenoxy) is 1. The van der Waals surface area contributed by atoms with Crippen LogP contribution in [0.25, 0.3) is 0 Å². The van der Waals surface area contributed by atoms with Crippen molar-refractivity contribution >= 4 is 5.84 Å². The molecule has 1 aromatic rings. The third-order valence-electron chi connectivity index (χ3n) is 2.88. The van der Waals surface area contributed by atoms with Gasteiger partial charge in [0.05, 0.1) is 6.61 Å². The van der Waals surface area contributed by atoms with E-state index in [0.29, 0.717) is 6.04 Å². The van der Waals surface area contributed by atoms with Gasteiger partial charge in [0.1, 0.15) is 0 Å². The number of nitrogens with one attached hydrogen (secondary N) is 1. The summed E-state index contributed by atoms with van der Waals surface area (Å²) in [5.74, 6) is 0.133. The third kappa shape index (κ3) is 3.18. The second-order valence-electron chi connectivity index (χ2n) is 4.12. The van der Waals surface area contributed by atoms with Crippen LogP contribution in [0.4, 0.5) is 0 Å². The van der Waals surface area contributed by atoms with Gasteiger partial charge in [-0.15, -0.1) is 0 Å². The third-order valence-corrected chi connectivity index (χ3v) is 2.88. The van der Waals surface area contributed by atoms with Gasteiger partial charge in [0.2, 0.25) is 0 Å². The molecular weight excluding hydrogens is 218 g/mol. The van der Waals surface area contributed by atoms with Crippen molar-refractivity contribution in [2.75, 3.05) is 13.2 Å². The highest BCUT2D eigenvalue weighted by Crippen LogP contribution is 2.07. The van der Waals surface area contributed by atoms with Gasteiger partial charge in [0, 0.05) is 24.8 Å². The summed E-state index contributed by atoms with van der Waals surface area (Å²) < 4.78 is 5.29. The molecule has 92 valence electrons. The van der Waals surface area contributed by atoms with Gasteiger partial charge in [-0.1, -0.05) is 29.4 Å². The van der Waals surface area contributed by atoms with Crippen LogP contribution in [0.15, 0.2) is 29.4 Å². The van der Waals surface area contributed by atoms with Gasteiger partial charge in [-0.25, -0.2) is 0 Å². The fourth-order valence-corrected chi connectivity index (χ4v) is 1.81. The predicted molar refractivity (Wildman–Crippen MR) is 65.0 cm³/mol. The highest BCUT2D eigenvalue weighted by molar-refractivity contribution is 5.96. The van der Waals surface area contributed by atoms with Crippen LogP contribution in [0.1, 0.15) is 17.5 Å². The van der Waals surface area contributed by atoms with Gasteiger partial charge in [0.15, 0.2) is 5.84 Å². The number of hydrogen-bond donors (Lipinski definition) is 3. The Balaban J connectivity index is 1.89. The Hall–Kier alpha value is -1.59. The summed E-state index contributed by atoms with van der Waals surface area (Å²) in [7, 11) is 0. The van der Waals surface area contributed by atoms with E-state index in [2.05, 4.69) is 10.5 Å². The minimum atomic E-state index is 0.133. The summed E-state index contributed by atoms with van der Waals surface area (Å²) in [6.07, 6.45) is 1.07. The highest BCUT2D eigenvalue weighted by Gasteiger charge is 2.14. The Kier molecular flexibility index (Phi) is 3.95. The van der Waals surface area contributed by atoms with Crippen molar-refractivity contribution in [1.29, 1.82) is 0 Å². The monoisotopic (exact) mass is 235 g/mol. The molecule has 0 saturated carbocycles. The molecule has 1 unspecified atom stereocenters. The Morgan fingerprint density at radius 2 is 2.24 bits per heavy atom. The minimum absolute atomic E-state index is 0.133. The fraction of sp³-hybridized carbons (Fsp3) is 0.417. The molecule has 1 saturated heterocycles. The topological polar surface area (TPSA) is 79.9 Å². The lowest BCUT2D eigenvalue weighted by molar-refractivity contribution is 0.190. The lowest BCUT2D eigenvalue weighted by Crippen LogP contribution is -2.28. The molecule has 0 bridgehead atoms. The quantitative estimate of drug-likeness (QED) is 0.310. The zero-order valence-corrected chi connectivity index (χ0v) is 9.60. The normalized spacial score (nSPS) is 20.7. The molecule has 0 aromatic heterocycles. The smallest absolute Gasteiger partial charge is 0.170 e. The number of benzene rings is 1. The van der Waals surface area contributed by atoms with Crippen LogP contribution in [-0.4, -0.2) is 30.3 Å². The van der Waals surface area contributed by atoms with Crippen LogP contribution in [0.2, 0.25) is 0 Å². The molecule has 5 nitrogen and oxygen atoms in total. The Morgan fingerprint density at radius 3 is 2.82 bits per heavy atom. The molecule has 1 aliphatic rings. The second-order valence-corrected chi connectivity index (χ2v) is 4.12. The molecule has 17 heavy (non-hydrogen) atoms. The van der Waals surface area contributed by atoms with Crippen LogP contribution >= 0.6 is 0 Å². The van der Waals surface area contributed by atoms with Gasteiger partial charge in [0.25, 0.3) is 0 Å². The number of rotatable bonds is 4. The first-order chi connectivity index (χ1) is 8.29. The van der Waals surface area contributed by atoms with Gasteiger partial charge in [-0.3, -0.25) is 0 Å². The summed E-state index contributed by atoms with van der Waals surface area (Å²) >= 11 is 0. The van der Waals surface area contributed by atoms with E-state index in [-0.39, 0.29) is 5.84 Å². The van der Waals surface area contributed by atoms with E-state index in [1.54, 1.807) is 0 Å². The molecule has 0 aliphatic carbocycles. The highest BCUT2D eigenvalue weighted by atomic mass is 16.5. The molecule has 4 N–H and O–H groups in total. The lowest BCUT2D eigenvalue weighted by atomic mass is 10.1. The zero-order valence-electron chi connectivity index (χ0n) is 9.60. The Bertz CT molecular complexity index is 383. The predicted octanol–water partition coefficient (Wildman–Crippen LogP) is 0.660. The maximum Gasteiger partial charge on any atom is 0.170 e. The number of hydrogen-bond acceptors (Lipinski definition) is 4. The maximum absolute atomic E-state index is 8.54. The number of amidine groups is 1. The van der Waals surface area contributed by atoms with Crippen molar-refractivity contribution in [1.82, 2.24) is 5.32 Å². The average molecular weight is 235 g/mol. The van der Waals surface area contributed by atoms with Crippen molar-refractivity contribution in [3.05, 3.63) is 35.4 Å². The van der Waals surface area contributed by atoms with Gasteiger partial charge < -0.3 is 21.0 Å². The molecule has 1 aromatic carbocycles. The number of nitrogens with zero attached hydrogens (tertiary/aromatic N) is 1. The first-order valence-electron chi connectivity index (χ1n) is 5.67. The number of nitrogens with two attached hydrogens (primary N) is 1. The molecule has 1 fully saturated rings. The molecule has 1 heterocycles. The van der Waals surface area contributed by atoms with E-state index in [1.165, 1.54) is 5.56 Å². The Morgan fingerprint density at radius 1 is 1.47 bits per heavy atom. The summed E-state index contributed by atoms with van der Waals surface area (Å²) in [5.41, 5.74) is 7.38. The van der Waals surface area contributed by atoms with Crippen molar-refractivity contribution in [2.24, 2.45) is 10.9 Å².